The highest BCUT2D eigenvalue weighted by Crippen LogP contribution is 2.29. The first-order valence-electron chi connectivity index (χ1n) is 4.08. The van der Waals surface area contributed by atoms with Crippen molar-refractivity contribution in [2.45, 2.75) is 10.4 Å². The molecule has 0 aliphatic heterocycles. The minimum absolute atomic E-state index is 0.764. The van der Waals surface area contributed by atoms with Gasteiger partial charge in [0, 0.05) is 10.7 Å². The highest BCUT2D eigenvalue weighted by molar-refractivity contribution is 8.14. The topological polar surface area (TPSA) is 80.3 Å². The van der Waals surface area contributed by atoms with E-state index in [0.717, 1.165) is 22.9 Å². The lowest BCUT2D eigenvalue weighted by molar-refractivity contribution is -0.0429. The molecule has 0 radical (unpaired) electrons. The van der Waals surface area contributed by atoms with Crippen molar-refractivity contribution < 1.29 is 30.0 Å². The highest BCUT2D eigenvalue weighted by atomic mass is 35.7. The predicted molar refractivity (Wildman–Crippen MR) is 58.1 cm³/mol. The molecule has 0 saturated heterocycles. The normalized spacial score (nSPS) is 13.3. The SMILES string of the molecule is O=S(=O)(Cl)c1ccccc1NS(=O)(=O)C(F)(F)F. The second-order valence-electron chi connectivity index (χ2n) is 2.99. The highest BCUT2D eigenvalue weighted by Gasteiger charge is 2.46. The van der Waals surface area contributed by atoms with E-state index in [0.29, 0.717) is 0 Å². The first kappa shape index (κ1) is 15.1. The van der Waals surface area contributed by atoms with Crippen LogP contribution in [-0.4, -0.2) is 22.3 Å². The number of hydrogen-bond acceptors (Lipinski definition) is 4. The third-order valence-corrected chi connectivity index (χ3v) is 4.18. The number of halogens is 4. The molecular weight excluding hydrogens is 319 g/mol. The Kier molecular flexibility index (Phi) is 3.84. The fourth-order valence-electron chi connectivity index (χ4n) is 0.966. The summed E-state index contributed by atoms with van der Waals surface area (Å²) in [7, 11) is -5.12. The number of benzene rings is 1. The van der Waals surface area contributed by atoms with E-state index in [9.17, 15) is 30.0 Å². The third-order valence-electron chi connectivity index (χ3n) is 1.70. The lowest BCUT2D eigenvalue weighted by atomic mass is 10.3. The Hall–Kier alpha value is -1.00. The Morgan fingerprint density at radius 1 is 1.06 bits per heavy atom. The Balaban J connectivity index is 3.31. The molecule has 1 aromatic carbocycles. The van der Waals surface area contributed by atoms with Gasteiger partial charge in [-0.05, 0) is 12.1 Å². The zero-order chi connectivity index (χ0) is 14.2. The molecule has 0 heterocycles. The van der Waals surface area contributed by atoms with Gasteiger partial charge in [-0.3, -0.25) is 4.72 Å². The molecule has 0 amide bonds. The second-order valence-corrected chi connectivity index (χ2v) is 7.19. The van der Waals surface area contributed by atoms with E-state index in [1.807, 2.05) is 0 Å². The van der Waals surface area contributed by atoms with Crippen LogP contribution < -0.4 is 4.72 Å². The predicted octanol–water partition coefficient (Wildman–Crippen LogP) is 1.88. The maximum absolute atomic E-state index is 12.1. The Morgan fingerprint density at radius 3 is 2.00 bits per heavy atom. The van der Waals surface area contributed by atoms with Crippen molar-refractivity contribution in [3.63, 3.8) is 0 Å². The molecule has 1 rings (SSSR count). The van der Waals surface area contributed by atoms with E-state index < -0.39 is 35.2 Å². The molecule has 18 heavy (non-hydrogen) atoms. The zero-order valence-electron chi connectivity index (χ0n) is 8.27. The third kappa shape index (κ3) is 3.27. The quantitative estimate of drug-likeness (QED) is 0.861. The molecule has 0 bridgehead atoms. The summed E-state index contributed by atoms with van der Waals surface area (Å²) >= 11 is 0. The molecule has 11 heteroatoms. The van der Waals surface area contributed by atoms with Crippen molar-refractivity contribution in [2.24, 2.45) is 0 Å². The van der Waals surface area contributed by atoms with Crippen molar-refractivity contribution in [2.75, 3.05) is 4.72 Å². The van der Waals surface area contributed by atoms with Gasteiger partial charge in [0.1, 0.15) is 4.90 Å². The lowest BCUT2D eigenvalue weighted by Crippen LogP contribution is -2.30. The fourth-order valence-corrected chi connectivity index (χ4v) is 2.64. The Morgan fingerprint density at radius 2 is 1.56 bits per heavy atom. The van der Waals surface area contributed by atoms with E-state index in [1.165, 1.54) is 6.07 Å². The monoisotopic (exact) mass is 323 g/mol. The zero-order valence-corrected chi connectivity index (χ0v) is 10.7. The Bertz CT molecular complexity index is 654. The minimum Gasteiger partial charge on any atom is -0.275 e. The van der Waals surface area contributed by atoms with Crippen molar-refractivity contribution >= 4 is 35.4 Å². The molecule has 1 aromatic rings. The molecule has 0 atom stereocenters. The summed E-state index contributed by atoms with van der Waals surface area (Å²) in [6.45, 7) is 0. The van der Waals surface area contributed by atoms with Crippen LogP contribution in [0, 0.1) is 0 Å². The average molecular weight is 324 g/mol. The molecule has 102 valence electrons. The lowest BCUT2D eigenvalue weighted by Gasteiger charge is -2.12. The molecule has 0 fully saturated rings. The molecule has 0 saturated carbocycles. The van der Waals surface area contributed by atoms with Gasteiger partial charge in [-0.15, -0.1) is 0 Å². The fraction of sp³-hybridized carbons (Fsp3) is 0.143. The van der Waals surface area contributed by atoms with Gasteiger partial charge in [-0.2, -0.15) is 21.6 Å². The van der Waals surface area contributed by atoms with Gasteiger partial charge in [0.25, 0.3) is 9.05 Å². The first-order chi connectivity index (χ1) is 7.95. The van der Waals surface area contributed by atoms with Crippen molar-refractivity contribution in [1.82, 2.24) is 0 Å². The number of para-hydroxylation sites is 1. The summed E-state index contributed by atoms with van der Waals surface area (Å²) in [5, 5.41) is 0. The molecule has 5 nitrogen and oxygen atoms in total. The van der Waals surface area contributed by atoms with Gasteiger partial charge in [0.2, 0.25) is 0 Å². The summed E-state index contributed by atoms with van der Waals surface area (Å²) in [6.07, 6.45) is 0. The average Bonchev–Trinajstić information content (AvgIpc) is 2.14. The van der Waals surface area contributed by atoms with Crippen LogP contribution in [0.5, 0.6) is 0 Å². The summed E-state index contributed by atoms with van der Waals surface area (Å²) in [5.41, 5.74) is -6.33. The second kappa shape index (κ2) is 4.59. The molecule has 0 spiro atoms. The van der Waals surface area contributed by atoms with Crippen LogP contribution in [0.3, 0.4) is 0 Å². The van der Waals surface area contributed by atoms with Gasteiger partial charge in [0.05, 0.1) is 5.69 Å². The van der Waals surface area contributed by atoms with E-state index >= 15 is 0 Å². The number of nitrogens with one attached hydrogen (secondary N) is 1. The summed E-state index contributed by atoms with van der Waals surface area (Å²) in [4.78, 5) is -0.764. The summed E-state index contributed by atoms with van der Waals surface area (Å²) in [6, 6.07) is 4.05. The van der Waals surface area contributed by atoms with Gasteiger partial charge in [-0.25, -0.2) is 8.42 Å². The van der Waals surface area contributed by atoms with Crippen molar-refractivity contribution in [3.8, 4) is 0 Å². The van der Waals surface area contributed by atoms with Crippen LogP contribution in [0.4, 0.5) is 18.9 Å². The molecule has 0 aromatic heterocycles. The number of anilines is 1. The van der Waals surface area contributed by atoms with Crippen molar-refractivity contribution in [3.05, 3.63) is 24.3 Å². The largest absolute Gasteiger partial charge is 0.516 e. The van der Waals surface area contributed by atoms with Crippen LogP contribution in [0.15, 0.2) is 29.2 Å². The van der Waals surface area contributed by atoms with Gasteiger partial charge >= 0.3 is 15.5 Å². The van der Waals surface area contributed by atoms with Crippen LogP contribution in [-0.2, 0) is 19.1 Å². The number of rotatable bonds is 3. The van der Waals surface area contributed by atoms with Crippen LogP contribution >= 0.6 is 10.7 Å². The van der Waals surface area contributed by atoms with Crippen LogP contribution in [0.2, 0.25) is 0 Å². The van der Waals surface area contributed by atoms with Gasteiger partial charge < -0.3 is 0 Å². The number of alkyl halides is 3. The summed E-state index contributed by atoms with van der Waals surface area (Å²) < 4.78 is 81.2. The molecular formula is C7H5ClF3NO4S2. The molecule has 0 unspecified atom stereocenters. The number of hydrogen-bond donors (Lipinski definition) is 1. The number of sulfonamides is 1. The van der Waals surface area contributed by atoms with Crippen LogP contribution in [0.25, 0.3) is 0 Å². The van der Waals surface area contributed by atoms with E-state index in [-0.39, 0.29) is 0 Å². The van der Waals surface area contributed by atoms with Crippen molar-refractivity contribution in [1.29, 1.82) is 0 Å². The van der Waals surface area contributed by atoms with Gasteiger partial charge in [-0.1, -0.05) is 12.1 Å². The Labute approximate surface area is 105 Å². The molecule has 1 N–H and O–H groups in total. The van der Waals surface area contributed by atoms with Gasteiger partial charge in [0.15, 0.2) is 0 Å². The smallest absolute Gasteiger partial charge is 0.275 e. The maximum atomic E-state index is 12.1. The molecule has 0 aliphatic carbocycles. The van der Waals surface area contributed by atoms with E-state index in [2.05, 4.69) is 0 Å². The standard InChI is InChI=1S/C7H5ClF3NO4S2/c8-17(13,14)6-4-2-1-3-5(6)12-18(15,16)7(9,10)11/h1-4,12H. The first-order valence-corrected chi connectivity index (χ1v) is 7.87. The minimum atomic E-state index is -5.71. The summed E-state index contributed by atoms with van der Waals surface area (Å²) in [5.74, 6) is 0. The van der Waals surface area contributed by atoms with Crippen LogP contribution in [0.1, 0.15) is 0 Å². The van der Waals surface area contributed by atoms with E-state index in [1.54, 1.807) is 0 Å². The maximum Gasteiger partial charge on any atom is 0.516 e. The molecule has 0 aliphatic rings. The van der Waals surface area contributed by atoms with E-state index in [4.69, 9.17) is 10.7 Å².